The number of rotatable bonds is 8. The van der Waals surface area contributed by atoms with Crippen LogP contribution in [0.4, 0.5) is 4.79 Å². The van der Waals surface area contributed by atoms with Crippen LogP contribution < -0.4 is 11.5 Å². The topological polar surface area (TPSA) is 96.8 Å². The van der Waals surface area contributed by atoms with E-state index in [1.165, 1.54) is 0 Å². The molecule has 102 valence electrons. The Morgan fingerprint density at radius 3 is 2.24 bits per heavy atom. The third kappa shape index (κ3) is 8.91. The normalized spacial score (nSPS) is 13.4. The number of ether oxygens (including phenoxy) is 3. The van der Waals surface area contributed by atoms with Gasteiger partial charge < -0.3 is 25.7 Å². The van der Waals surface area contributed by atoms with E-state index >= 15 is 0 Å². The van der Waals surface area contributed by atoms with Crippen molar-refractivity contribution in [3.05, 3.63) is 0 Å². The maximum atomic E-state index is 10.7. The Morgan fingerprint density at radius 2 is 1.76 bits per heavy atom. The van der Waals surface area contributed by atoms with Gasteiger partial charge in [-0.1, -0.05) is 20.8 Å². The van der Waals surface area contributed by atoms with E-state index in [0.717, 1.165) is 0 Å². The summed E-state index contributed by atoms with van der Waals surface area (Å²) >= 11 is 0. The Balaban J connectivity index is 3.81. The van der Waals surface area contributed by atoms with E-state index in [9.17, 15) is 4.79 Å². The van der Waals surface area contributed by atoms with Gasteiger partial charge in [-0.3, -0.25) is 0 Å². The fraction of sp³-hybridized carbons (Fsp3) is 0.909. The highest BCUT2D eigenvalue weighted by Gasteiger charge is 2.27. The summed E-state index contributed by atoms with van der Waals surface area (Å²) in [6, 6.07) is 0. The molecule has 6 heteroatoms. The number of amides is 1. The largest absolute Gasteiger partial charge is 0.443 e. The van der Waals surface area contributed by atoms with Crippen LogP contribution in [0, 0.1) is 5.41 Å². The second-order valence-electron chi connectivity index (χ2n) is 4.77. The molecule has 0 saturated heterocycles. The molecule has 0 rings (SSSR count). The SMILES string of the molecule is CC(C)(C)C(COCCOCCN)OC(N)=O. The van der Waals surface area contributed by atoms with Gasteiger partial charge in [0, 0.05) is 12.0 Å². The third-order valence-corrected chi connectivity index (χ3v) is 2.13. The third-order valence-electron chi connectivity index (χ3n) is 2.13. The van der Waals surface area contributed by atoms with Gasteiger partial charge in [0.15, 0.2) is 0 Å². The molecule has 0 fully saturated rings. The lowest BCUT2D eigenvalue weighted by Gasteiger charge is -2.29. The molecule has 0 aromatic rings. The van der Waals surface area contributed by atoms with Crippen molar-refractivity contribution in [3.8, 4) is 0 Å². The van der Waals surface area contributed by atoms with Gasteiger partial charge in [-0.15, -0.1) is 0 Å². The molecule has 0 radical (unpaired) electrons. The first-order chi connectivity index (χ1) is 7.88. The van der Waals surface area contributed by atoms with Gasteiger partial charge in [0.1, 0.15) is 6.10 Å². The molecule has 1 atom stereocenters. The molecule has 0 saturated carbocycles. The molecular formula is C11H24N2O4. The predicted octanol–water partition coefficient (Wildman–Crippen LogP) is 0.488. The van der Waals surface area contributed by atoms with Crippen molar-refractivity contribution in [1.82, 2.24) is 0 Å². The van der Waals surface area contributed by atoms with E-state index in [0.29, 0.717) is 33.0 Å². The quantitative estimate of drug-likeness (QED) is 0.609. The molecule has 0 aliphatic rings. The van der Waals surface area contributed by atoms with Crippen molar-refractivity contribution in [2.75, 3.05) is 33.0 Å². The zero-order chi connectivity index (χ0) is 13.3. The van der Waals surface area contributed by atoms with Crippen LogP contribution in [0.2, 0.25) is 0 Å². The van der Waals surface area contributed by atoms with Gasteiger partial charge in [0.25, 0.3) is 0 Å². The molecular weight excluding hydrogens is 224 g/mol. The zero-order valence-electron chi connectivity index (χ0n) is 10.9. The summed E-state index contributed by atoms with van der Waals surface area (Å²) < 4.78 is 15.5. The highest BCUT2D eigenvalue weighted by Crippen LogP contribution is 2.22. The molecule has 4 N–H and O–H groups in total. The first kappa shape index (κ1) is 16.1. The molecule has 0 spiro atoms. The van der Waals surface area contributed by atoms with Crippen LogP contribution in [0.15, 0.2) is 0 Å². The number of carbonyl (C=O) groups excluding carboxylic acids is 1. The molecule has 1 unspecified atom stereocenters. The molecule has 0 aromatic carbocycles. The summed E-state index contributed by atoms with van der Waals surface area (Å²) in [4.78, 5) is 10.7. The van der Waals surface area contributed by atoms with Crippen LogP contribution in [0.25, 0.3) is 0 Å². The van der Waals surface area contributed by atoms with Crippen molar-refractivity contribution in [2.24, 2.45) is 16.9 Å². The van der Waals surface area contributed by atoms with Crippen LogP contribution in [0.5, 0.6) is 0 Å². The van der Waals surface area contributed by atoms with E-state index < -0.39 is 6.09 Å². The van der Waals surface area contributed by atoms with E-state index in [1.54, 1.807) is 0 Å². The Kier molecular flexibility index (Phi) is 7.86. The summed E-state index contributed by atoms with van der Waals surface area (Å²) in [6.07, 6.45) is -1.15. The van der Waals surface area contributed by atoms with Crippen molar-refractivity contribution < 1.29 is 19.0 Å². The number of nitrogens with two attached hydrogens (primary N) is 2. The van der Waals surface area contributed by atoms with Crippen molar-refractivity contribution in [2.45, 2.75) is 26.9 Å². The van der Waals surface area contributed by atoms with E-state index in [2.05, 4.69) is 0 Å². The van der Waals surface area contributed by atoms with Crippen molar-refractivity contribution >= 4 is 6.09 Å². The molecule has 17 heavy (non-hydrogen) atoms. The Morgan fingerprint density at radius 1 is 1.18 bits per heavy atom. The molecule has 0 bridgehead atoms. The minimum Gasteiger partial charge on any atom is -0.443 e. The minimum absolute atomic E-state index is 0.215. The van der Waals surface area contributed by atoms with Gasteiger partial charge >= 0.3 is 6.09 Å². The molecule has 0 aliphatic heterocycles. The highest BCUT2D eigenvalue weighted by molar-refractivity contribution is 5.64. The Bertz CT molecular complexity index is 216. The molecule has 0 heterocycles. The van der Waals surface area contributed by atoms with Crippen molar-refractivity contribution in [3.63, 3.8) is 0 Å². The lowest BCUT2D eigenvalue weighted by molar-refractivity contribution is -0.0408. The number of hydrogen-bond donors (Lipinski definition) is 2. The molecule has 6 nitrogen and oxygen atoms in total. The molecule has 1 amide bonds. The van der Waals surface area contributed by atoms with Gasteiger partial charge in [0.2, 0.25) is 0 Å². The minimum atomic E-state index is -0.784. The Labute approximate surface area is 103 Å². The van der Waals surface area contributed by atoms with Gasteiger partial charge in [0.05, 0.1) is 26.4 Å². The monoisotopic (exact) mass is 248 g/mol. The lowest BCUT2D eigenvalue weighted by atomic mass is 9.89. The van der Waals surface area contributed by atoms with Crippen LogP contribution in [0.3, 0.4) is 0 Å². The van der Waals surface area contributed by atoms with Gasteiger partial charge in [-0.25, -0.2) is 4.79 Å². The summed E-state index contributed by atoms with van der Waals surface area (Å²) in [7, 11) is 0. The van der Waals surface area contributed by atoms with E-state index in [4.69, 9.17) is 25.7 Å². The zero-order valence-corrected chi connectivity index (χ0v) is 10.9. The van der Waals surface area contributed by atoms with Crippen LogP contribution in [0.1, 0.15) is 20.8 Å². The van der Waals surface area contributed by atoms with Crippen LogP contribution >= 0.6 is 0 Å². The first-order valence-corrected chi connectivity index (χ1v) is 5.69. The van der Waals surface area contributed by atoms with E-state index in [-0.39, 0.29) is 11.5 Å². The predicted molar refractivity (Wildman–Crippen MR) is 64.6 cm³/mol. The molecule has 0 aromatic heterocycles. The Hall–Kier alpha value is -0.850. The van der Waals surface area contributed by atoms with Crippen LogP contribution in [-0.4, -0.2) is 45.2 Å². The standard InChI is InChI=1S/C11H24N2O4/c1-11(2,3)9(17-10(13)14)8-16-7-6-15-5-4-12/h9H,4-8,12H2,1-3H3,(H2,13,14). The second kappa shape index (κ2) is 8.27. The maximum Gasteiger partial charge on any atom is 0.404 e. The maximum absolute atomic E-state index is 10.7. The van der Waals surface area contributed by atoms with Crippen molar-refractivity contribution in [1.29, 1.82) is 0 Å². The second-order valence-corrected chi connectivity index (χ2v) is 4.77. The average Bonchev–Trinajstić information content (AvgIpc) is 2.19. The average molecular weight is 248 g/mol. The van der Waals surface area contributed by atoms with Gasteiger partial charge in [-0.2, -0.15) is 0 Å². The molecule has 0 aliphatic carbocycles. The highest BCUT2D eigenvalue weighted by atomic mass is 16.6. The van der Waals surface area contributed by atoms with Gasteiger partial charge in [-0.05, 0) is 0 Å². The van der Waals surface area contributed by atoms with Crippen LogP contribution in [-0.2, 0) is 14.2 Å². The smallest absolute Gasteiger partial charge is 0.404 e. The fourth-order valence-corrected chi connectivity index (χ4v) is 1.09. The number of hydrogen-bond acceptors (Lipinski definition) is 5. The first-order valence-electron chi connectivity index (χ1n) is 5.69. The summed E-state index contributed by atoms with van der Waals surface area (Å²) in [5.74, 6) is 0. The summed E-state index contributed by atoms with van der Waals surface area (Å²) in [5, 5.41) is 0. The fourth-order valence-electron chi connectivity index (χ4n) is 1.09. The lowest BCUT2D eigenvalue weighted by Crippen LogP contribution is -2.37. The van der Waals surface area contributed by atoms with E-state index in [1.807, 2.05) is 20.8 Å². The number of primary amides is 1. The number of carbonyl (C=O) groups is 1. The summed E-state index contributed by atoms with van der Waals surface area (Å²) in [6.45, 7) is 8.09. The summed E-state index contributed by atoms with van der Waals surface area (Å²) in [5.41, 5.74) is 10.1.